The molecule has 12 amide bonds. The van der Waals surface area contributed by atoms with Gasteiger partial charge >= 0.3 is 12.1 Å². The van der Waals surface area contributed by atoms with Gasteiger partial charge in [-0.05, 0) is 93.2 Å². The van der Waals surface area contributed by atoms with E-state index in [9.17, 15) is 125 Å². The average Bonchev–Trinajstić information content (AvgIpc) is 1.69. The normalized spacial score (nSPS) is 18.7. The zero-order valence-electron chi connectivity index (χ0n) is 88.0. The third-order valence-electron chi connectivity index (χ3n) is 26.0. The van der Waals surface area contributed by atoms with Gasteiger partial charge in [0.2, 0.25) is 41.4 Å². The van der Waals surface area contributed by atoms with E-state index in [4.69, 9.17) is 53.8 Å². The van der Waals surface area contributed by atoms with Gasteiger partial charge in [-0.2, -0.15) is 0 Å². The quantitative estimate of drug-likeness (QED) is 0.0219. The number of hydrogen-bond donors (Lipinski definition) is 24. The van der Waals surface area contributed by atoms with Gasteiger partial charge in [-0.15, -0.1) is 0 Å². The number of likely N-dealkylation sites (N-methyl/N-ethyl adjacent to an activating group) is 2. The van der Waals surface area contributed by atoms with Crippen LogP contribution in [0, 0.1) is 29.6 Å². The average molecular weight is 2130 g/mol. The number of nitrogens with one attached hydrogen (secondary N) is 6. The molecule has 0 saturated carbocycles. The van der Waals surface area contributed by atoms with Crippen LogP contribution in [0.5, 0.6) is 0 Å². The van der Waals surface area contributed by atoms with Gasteiger partial charge in [0.15, 0.2) is 11.9 Å². The lowest BCUT2D eigenvalue weighted by molar-refractivity contribution is -0.148. The van der Waals surface area contributed by atoms with E-state index in [1.54, 1.807) is 91.6 Å². The molecule has 149 heavy (non-hydrogen) atoms. The van der Waals surface area contributed by atoms with Crippen molar-refractivity contribution in [3.8, 4) is 0 Å². The summed E-state index contributed by atoms with van der Waals surface area (Å²) in [5, 5.41) is 192. The van der Waals surface area contributed by atoms with Gasteiger partial charge in [-0.3, -0.25) is 62.6 Å². The fraction of sp³-hybridized carbons (Fsp3) is 0.740. The zero-order chi connectivity index (χ0) is 112. The summed E-state index contributed by atoms with van der Waals surface area (Å²) in [6, 6.07) is 6.39. The van der Waals surface area contributed by atoms with E-state index in [1.807, 2.05) is 19.9 Å². The molecular weight excluding hydrogens is 1960 g/mol. The Morgan fingerprint density at radius 2 is 1.01 bits per heavy atom. The number of rotatable bonds is 76. The number of hydrogen-bond acceptors (Lipinski definition) is 38. The fourth-order valence-corrected chi connectivity index (χ4v) is 17.2. The SMILES string of the molecule is CC[C@H](C)[C@@H]([C@@H](CC(=O)N1CCC[C@H]1[C@H](OC)[C@@H](C)C(=O)N[C@H](C)[C@@H](O)c1ccccc1)OC)N(C)C(=O)[C@@H](NC(=O)[C@H](C(C)C)N(C)C(=O)OC(C(=O)CCC(O)COCC(O)COCC(O)COCC(O)COCC(O)COCC(O)CN(C[C@H](O)[C@@H](O)[C@H](O)[C@H](O)CO)C[C@H](O)[C@@H](O)[C@H](O)[C@H](O)CO)c1ccc(NC(=O)[C@H](CCCNC(N)=O)NC(=O)[C@@H](NC(=O)CCCCCN2C(=O)C=CC2=O)C(C)C)cc1)C(C)C. The number of benzene rings is 2. The minimum Gasteiger partial charge on any atom is -0.433 e. The Balaban J connectivity index is 1.46. The van der Waals surface area contributed by atoms with Crippen LogP contribution in [0.25, 0.3) is 0 Å². The van der Waals surface area contributed by atoms with E-state index in [1.165, 1.54) is 62.6 Å². The van der Waals surface area contributed by atoms with Crippen molar-refractivity contribution in [2.24, 2.45) is 35.3 Å². The number of ether oxygens (including phenoxy) is 8. The number of aliphatic hydroxyl groups is 17. The first kappa shape index (κ1) is 132. The van der Waals surface area contributed by atoms with Gasteiger partial charge in [0.1, 0.15) is 85.2 Å². The number of anilines is 1. The maximum Gasteiger partial charge on any atom is 0.411 e. The minimum atomic E-state index is -2.08. The molecule has 2 heterocycles. The van der Waals surface area contributed by atoms with Crippen molar-refractivity contribution in [2.45, 2.75) is 298 Å². The van der Waals surface area contributed by atoms with Crippen LogP contribution in [0.4, 0.5) is 15.3 Å². The lowest BCUT2D eigenvalue weighted by Crippen LogP contribution is -2.60. The van der Waals surface area contributed by atoms with Crippen molar-refractivity contribution in [3.05, 3.63) is 77.9 Å². The standard InChI is InChI=1S/C100H168N12O37/c1-15-59(8)86(78(142-13)40-82(129)111-39-23-27-72(111)92(143-14)60(9)94(135)103-61(10)87(130)62-24-18-16-19-25-62)108(11)98(139)84(57(4)5)107-97(138)85(58(6)7)109(12)100(141)149-93(63-29-31-64(32-30-63)104-95(136)71(26-22-37-102-99(101)140)105-96(137)83(56(2)3)106-79(126)28-20-17-21-38-112-80(127)35-36-81(112)128)73(121)34-33-65(115)46-144-48-67(117)50-146-52-69(119)54-148-55-70(120)53-147-51-68(118)49-145-47-66(116)41-110(42-74(122)88(131)90(133)76(124)44-113)43-75(123)89(132)91(134)77(125)45-114/h16,18-19,24-25,29-32,35-36,56-61,65-72,74-78,83-93,113-120,122-125,130-134H,15,17,20-23,26-28,33-34,37-55H2,1-14H3,(H,103,135)(H,104,136)(H,105,137)(H,106,126)(H,107,138)(H3,101,102,140)/t59-,60+,61+,65?,66?,67?,68?,69?,70?,71-,72-,74-,75-,76+,77+,78+,83-,84-,85-,86-,87+,88+,89+,90+,91+,92+,93?/m0/s1. The number of primary amides is 1. The molecule has 2 aliphatic rings. The molecule has 2 aromatic rings. The van der Waals surface area contributed by atoms with Crippen molar-refractivity contribution in [3.63, 3.8) is 0 Å². The van der Waals surface area contributed by atoms with E-state index in [0.717, 1.165) is 14.7 Å². The van der Waals surface area contributed by atoms with Crippen LogP contribution < -0.4 is 37.6 Å². The van der Waals surface area contributed by atoms with Crippen molar-refractivity contribution in [2.75, 3.05) is 152 Å². The number of urea groups is 1. The van der Waals surface area contributed by atoms with Gasteiger partial charge in [0.25, 0.3) is 11.8 Å². The summed E-state index contributed by atoms with van der Waals surface area (Å²) in [5.74, 6) is -8.57. The summed E-state index contributed by atoms with van der Waals surface area (Å²) in [6.45, 7) is 9.78. The summed E-state index contributed by atoms with van der Waals surface area (Å²) in [4.78, 5) is 172. The van der Waals surface area contributed by atoms with Crippen LogP contribution in [-0.2, 0) is 85.8 Å². The lowest BCUT2D eigenvalue weighted by atomic mass is 9.89. The third kappa shape index (κ3) is 45.2. The number of methoxy groups -OCH3 is 2. The number of aliphatic hydroxyl groups excluding tert-OH is 17. The number of imide groups is 1. The maximum atomic E-state index is 15.2. The number of nitrogens with two attached hydrogens (primary N) is 1. The predicted molar refractivity (Wildman–Crippen MR) is 535 cm³/mol. The molecule has 27 atom stereocenters. The van der Waals surface area contributed by atoms with E-state index in [0.29, 0.717) is 50.6 Å². The topological polar surface area (TPSA) is 737 Å². The summed E-state index contributed by atoms with van der Waals surface area (Å²) in [6.07, 6.45) is -25.4. The highest BCUT2D eigenvalue weighted by Gasteiger charge is 2.46. The first-order valence-corrected chi connectivity index (χ1v) is 50.7. The van der Waals surface area contributed by atoms with E-state index in [-0.39, 0.29) is 101 Å². The summed E-state index contributed by atoms with van der Waals surface area (Å²) in [5.41, 5.74) is 6.04. The van der Waals surface area contributed by atoms with Crippen LogP contribution in [0.1, 0.15) is 170 Å². The van der Waals surface area contributed by atoms with Crippen LogP contribution in [0.15, 0.2) is 66.7 Å². The van der Waals surface area contributed by atoms with Gasteiger partial charge in [0, 0.05) is 104 Å². The van der Waals surface area contributed by atoms with Gasteiger partial charge in [-0.1, -0.05) is 118 Å². The monoisotopic (exact) mass is 2130 g/mol. The smallest absolute Gasteiger partial charge is 0.411 e. The Labute approximate surface area is 870 Å². The highest BCUT2D eigenvalue weighted by Crippen LogP contribution is 2.33. The molecular formula is C100H168N12O37. The molecule has 0 aliphatic carbocycles. The van der Waals surface area contributed by atoms with Crippen LogP contribution >= 0.6 is 0 Å². The van der Waals surface area contributed by atoms with Crippen molar-refractivity contribution in [1.29, 1.82) is 0 Å². The lowest BCUT2D eigenvalue weighted by Gasteiger charge is -2.41. The fourth-order valence-electron chi connectivity index (χ4n) is 17.2. The van der Waals surface area contributed by atoms with Crippen LogP contribution in [0.2, 0.25) is 0 Å². The Hall–Kier alpha value is -9.18. The molecule has 0 radical (unpaired) electrons. The molecule has 7 unspecified atom stereocenters. The van der Waals surface area contributed by atoms with Crippen molar-refractivity contribution < 1.29 is 182 Å². The number of carbonyl (C=O) groups is 12. The number of likely N-dealkylation sites (tertiary alicyclic amines) is 1. The highest BCUT2D eigenvalue weighted by atomic mass is 16.6. The number of amides is 12. The molecule has 0 aromatic heterocycles. The minimum absolute atomic E-state index is 0.00714. The molecule has 2 aromatic carbocycles. The number of ketones is 1. The predicted octanol–water partition coefficient (Wildman–Crippen LogP) is -4.61. The Kier molecular flexibility index (Phi) is 61.0. The Morgan fingerprint density at radius 3 is 1.49 bits per heavy atom. The number of carbonyl (C=O) groups excluding carboxylic acids is 12. The molecule has 25 N–H and O–H groups in total. The molecule has 49 nitrogen and oxygen atoms in total. The Bertz CT molecular complexity index is 4300. The highest BCUT2D eigenvalue weighted by molar-refractivity contribution is 6.13. The molecule has 1 saturated heterocycles. The molecule has 1 fully saturated rings. The second-order valence-electron chi connectivity index (χ2n) is 39.3. The number of unbranched alkanes of at least 4 members (excludes halogenated alkanes) is 2. The maximum absolute atomic E-state index is 15.2. The number of nitrogens with zero attached hydrogens (tertiary/aromatic N) is 5. The zero-order valence-corrected chi connectivity index (χ0v) is 88.0. The van der Waals surface area contributed by atoms with E-state index in [2.05, 4.69) is 31.9 Å². The first-order valence-electron chi connectivity index (χ1n) is 50.7. The van der Waals surface area contributed by atoms with E-state index < -0.39 is 314 Å². The van der Waals surface area contributed by atoms with Crippen molar-refractivity contribution >= 4 is 76.8 Å². The second-order valence-corrected chi connectivity index (χ2v) is 39.3. The molecule has 2 aliphatic heterocycles. The van der Waals surface area contributed by atoms with Gasteiger partial charge < -0.3 is 172 Å². The van der Waals surface area contributed by atoms with Gasteiger partial charge in [0.05, 0.1) is 152 Å². The third-order valence-corrected chi connectivity index (χ3v) is 26.0. The van der Waals surface area contributed by atoms with Crippen LogP contribution in [-0.4, -0.2) is 469 Å². The van der Waals surface area contributed by atoms with Gasteiger partial charge in [-0.25, -0.2) is 9.59 Å². The molecule has 0 bridgehead atoms. The number of Topliss-reactive ketones (excluding diaryl/α,β-unsaturated/α-hetero) is 1. The first-order chi connectivity index (χ1) is 70.4. The largest absolute Gasteiger partial charge is 0.433 e. The molecule has 0 spiro atoms. The molecule has 4 rings (SSSR count). The van der Waals surface area contributed by atoms with Crippen LogP contribution in [0.3, 0.4) is 0 Å². The van der Waals surface area contributed by atoms with E-state index >= 15 is 9.59 Å². The Morgan fingerprint density at radius 1 is 0.510 bits per heavy atom. The van der Waals surface area contributed by atoms with Crippen molar-refractivity contribution in [1.82, 2.24) is 51.1 Å². The summed E-state index contributed by atoms with van der Waals surface area (Å²) in [7, 11) is 5.72. The summed E-state index contributed by atoms with van der Waals surface area (Å²) >= 11 is 0. The molecule has 850 valence electrons. The summed E-state index contributed by atoms with van der Waals surface area (Å²) < 4.78 is 45.2. The second kappa shape index (κ2) is 68.8. The molecule has 49 heteroatoms.